The minimum Gasteiger partial charge on any atom is -0.491 e. The second-order valence-electron chi connectivity index (χ2n) is 8.40. The lowest BCUT2D eigenvalue weighted by molar-refractivity contribution is -0.0372. The van der Waals surface area contributed by atoms with Crippen molar-refractivity contribution in [1.82, 2.24) is 4.90 Å². The summed E-state index contributed by atoms with van der Waals surface area (Å²) in [5.41, 5.74) is 2.91. The van der Waals surface area contributed by atoms with Crippen LogP contribution in [-0.4, -0.2) is 47.5 Å². The molecule has 1 unspecified atom stereocenters. The van der Waals surface area contributed by atoms with Gasteiger partial charge in [0.2, 0.25) is 0 Å². The number of aliphatic hydroxyl groups is 2. The van der Waals surface area contributed by atoms with Gasteiger partial charge in [0.15, 0.2) is 0 Å². The number of aryl methyl sites for hydroxylation is 1. The lowest BCUT2D eigenvalue weighted by Crippen LogP contribution is -2.46. The average molecular weight is 460 g/mol. The Labute approximate surface area is 181 Å². The number of fused-ring (bicyclic) bond motifs is 1. The molecule has 2 aromatic rings. The van der Waals surface area contributed by atoms with Crippen LogP contribution in [0, 0.1) is 0 Å². The molecule has 2 aromatic carbocycles. The smallest absolute Gasteiger partial charge is 0.122 e. The third-order valence-corrected chi connectivity index (χ3v) is 6.85. The van der Waals surface area contributed by atoms with Crippen molar-refractivity contribution >= 4 is 15.9 Å². The number of ether oxygens (including phenoxy) is 1. The van der Waals surface area contributed by atoms with Crippen molar-refractivity contribution in [2.24, 2.45) is 0 Å². The molecular weight excluding hydrogens is 430 g/mol. The molecule has 0 aromatic heterocycles. The fourth-order valence-electron chi connectivity index (χ4n) is 4.57. The first-order chi connectivity index (χ1) is 14.0. The van der Waals surface area contributed by atoms with Gasteiger partial charge in [0, 0.05) is 24.1 Å². The van der Waals surface area contributed by atoms with Gasteiger partial charge in [0.1, 0.15) is 18.5 Å². The summed E-state index contributed by atoms with van der Waals surface area (Å²) in [6, 6.07) is 14.2. The van der Waals surface area contributed by atoms with Gasteiger partial charge in [-0.25, -0.2) is 0 Å². The van der Waals surface area contributed by atoms with Crippen LogP contribution in [0.5, 0.6) is 5.75 Å². The summed E-state index contributed by atoms with van der Waals surface area (Å²) >= 11 is 3.45. The van der Waals surface area contributed by atoms with E-state index < -0.39 is 11.7 Å². The minimum absolute atomic E-state index is 0.309. The summed E-state index contributed by atoms with van der Waals surface area (Å²) in [5.74, 6) is 0.935. The molecule has 4 nitrogen and oxygen atoms in total. The average Bonchev–Trinajstić information content (AvgIpc) is 2.74. The molecule has 1 fully saturated rings. The fraction of sp³-hybridized carbons (Fsp3) is 0.500. The second kappa shape index (κ2) is 9.17. The van der Waals surface area contributed by atoms with Crippen LogP contribution >= 0.6 is 15.9 Å². The number of piperidine rings is 1. The van der Waals surface area contributed by atoms with E-state index in [-0.39, 0.29) is 0 Å². The zero-order chi connectivity index (χ0) is 20.3. The van der Waals surface area contributed by atoms with Crippen LogP contribution in [0.1, 0.15) is 42.4 Å². The van der Waals surface area contributed by atoms with E-state index in [1.807, 2.05) is 30.3 Å². The van der Waals surface area contributed by atoms with Gasteiger partial charge in [-0.15, -0.1) is 0 Å². The van der Waals surface area contributed by atoms with Crippen LogP contribution in [0.25, 0.3) is 0 Å². The fourth-order valence-corrected chi connectivity index (χ4v) is 4.84. The number of likely N-dealkylation sites (tertiary alicyclic amines) is 1. The third kappa shape index (κ3) is 5.02. The molecule has 0 bridgehead atoms. The molecule has 0 amide bonds. The van der Waals surface area contributed by atoms with Crippen LogP contribution < -0.4 is 4.74 Å². The lowest BCUT2D eigenvalue weighted by atomic mass is 9.84. The van der Waals surface area contributed by atoms with Crippen molar-refractivity contribution in [1.29, 1.82) is 0 Å². The summed E-state index contributed by atoms with van der Waals surface area (Å²) in [7, 11) is 0. The molecule has 1 aliphatic heterocycles. The minimum atomic E-state index is -0.776. The highest BCUT2D eigenvalue weighted by Crippen LogP contribution is 2.33. The molecule has 29 heavy (non-hydrogen) atoms. The summed E-state index contributed by atoms with van der Waals surface area (Å²) in [4.78, 5) is 2.22. The van der Waals surface area contributed by atoms with E-state index in [1.54, 1.807) is 0 Å². The predicted octanol–water partition coefficient (Wildman–Crippen LogP) is 4.05. The Morgan fingerprint density at radius 1 is 1.03 bits per heavy atom. The van der Waals surface area contributed by atoms with Crippen molar-refractivity contribution in [3.63, 3.8) is 0 Å². The molecular formula is C24H30BrNO3. The molecule has 2 N–H and O–H groups in total. The SMILES string of the molecule is OC(COc1cccc2c1CCCC2)CN1CCC(O)(c2ccc(Br)cc2)CC1. The molecule has 1 heterocycles. The number of rotatable bonds is 6. The maximum Gasteiger partial charge on any atom is 0.122 e. The summed E-state index contributed by atoms with van der Waals surface area (Å²) in [6.45, 7) is 2.42. The number of nitrogens with zero attached hydrogens (tertiary/aromatic N) is 1. The van der Waals surface area contributed by atoms with Crippen molar-refractivity contribution in [3.05, 3.63) is 63.6 Å². The Balaban J connectivity index is 1.27. The maximum atomic E-state index is 11.0. The Bertz CT molecular complexity index is 815. The van der Waals surface area contributed by atoms with Crippen molar-refractivity contribution < 1.29 is 14.9 Å². The van der Waals surface area contributed by atoms with Crippen LogP contribution in [-0.2, 0) is 18.4 Å². The number of β-amino-alcohol motifs (C(OH)–C–C–N with tert-alkyl or cyclic N) is 1. The highest BCUT2D eigenvalue weighted by atomic mass is 79.9. The van der Waals surface area contributed by atoms with Gasteiger partial charge in [0.05, 0.1) is 5.60 Å². The topological polar surface area (TPSA) is 52.9 Å². The predicted molar refractivity (Wildman–Crippen MR) is 118 cm³/mol. The van der Waals surface area contributed by atoms with Gasteiger partial charge in [-0.3, -0.25) is 0 Å². The lowest BCUT2D eigenvalue weighted by Gasteiger charge is -2.39. The number of hydrogen-bond donors (Lipinski definition) is 2. The molecule has 0 radical (unpaired) electrons. The number of aliphatic hydroxyl groups excluding tert-OH is 1. The van der Waals surface area contributed by atoms with Crippen LogP contribution in [0.2, 0.25) is 0 Å². The molecule has 1 aliphatic carbocycles. The zero-order valence-electron chi connectivity index (χ0n) is 16.8. The van der Waals surface area contributed by atoms with Crippen LogP contribution in [0.15, 0.2) is 46.9 Å². The quantitative estimate of drug-likeness (QED) is 0.683. The normalized spacial score (nSPS) is 20.1. The van der Waals surface area contributed by atoms with Crippen molar-refractivity contribution in [2.75, 3.05) is 26.2 Å². The standard InChI is InChI=1S/C24H30BrNO3/c25-20-10-8-19(9-11-20)24(28)12-14-26(15-13-24)16-21(27)17-29-23-7-3-5-18-4-1-2-6-22(18)23/h3,5,7-11,21,27-28H,1-2,4,6,12-17H2. The van der Waals surface area contributed by atoms with Gasteiger partial charge in [-0.05, 0) is 73.4 Å². The molecule has 2 aliphatic rings. The molecule has 1 atom stereocenters. The molecule has 0 saturated carbocycles. The monoisotopic (exact) mass is 459 g/mol. The van der Waals surface area contributed by atoms with Crippen LogP contribution in [0.4, 0.5) is 0 Å². The van der Waals surface area contributed by atoms with Gasteiger partial charge < -0.3 is 19.8 Å². The Morgan fingerprint density at radius 3 is 2.52 bits per heavy atom. The molecule has 1 saturated heterocycles. The van der Waals surface area contributed by atoms with Gasteiger partial charge in [0.25, 0.3) is 0 Å². The number of halogens is 1. The van der Waals surface area contributed by atoms with E-state index >= 15 is 0 Å². The Hall–Kier alpha value is -1.40. The Morgan fingerprint density at radius 2 is 1.76 bits per heavy atom. The molecule has 0 spiro atoms. The van der Waals surface area contributed by atoms with E-state index in [9.17, 15) is 10.2 Å². The maximum absolute atomic E-state index is 11.0. The van der Waals surface area contributed by atoms with Gasteiger partial charge in [-0.2, -0.15) is 0 Å². The summed E-state index contributed by atoms with van der Waals surface area (Å²) in [5, 5.41) is 21.5. The summed E-state index contributed by atoms with van der Waals surface area (Å²) in [6.07, 6.45) is 5.48. The molecule has 4 rings (SSSR count). The Kier molecular flexibility index (Phi) is 6.60. The summed E-state index contributed by atoms with van der Waals surface area (Å²) < 4.78 is 7.02. The van der Waals surface area contributed by atoms with Gasteiger partial charge >= 0.3 is 0 Å². The first kappa shape index (κ1) is 20.9. The zero-order valence-corrected chi connectivity index (χ0v) is 18.4. The van der Waals surface area contributed by atoms with E-state index in [4.69, 9.17) is 4.74 Å². The van der Waals surface area contributed by atoms with Crippen molar-refractivity contribution in [2.45, 2.75) is 50.2 Å². The van der Waals surface area contributed by atoms with Crippen molar-refractivity contribution in [3.8, 4) is 5.75 Å². The first-order valence-electron chi connectivity index (χ1n) is 10.7. The molecule has 156 valence electrons. The van der Waals surface area contributed by atoms with E-state index in [0.717, 1.165) is 41.7 Å². The highest BCUT2D eigenvalue weighted by molar-refractivity contribution is 9.10. The third-order valence-electron chi connectivity index (χ3n) is 6.32. The second-order valence-corrected chi connectivity index (χ2v) is 9.32. The molecule has 5 heteroatoms. The number of hydrogen-bond acceptors (Lipinski definition) is 4. The number of benzene rings is 2. The van der Waals surface area contributed by atoms with E-state index in [0.29, 0.717) is 26.0 Å². The first-order valence-corrected chi connectivity index (χ1v) is 11.5. The van der Waals surface area contributed by atoms with Crippen LogP contribution in [0.3, 0.4) is 0 Å². The highest BCUT2D eigenvalue weighted by Gasteiger charge is 2.34. The largest absolute Gasteiger partial charge is 0.491 e. The van der Waals surface area contributed by atoms with E-state index in [2.05, 4.69) is 33.0 Å². The van der Waals surface area contributed by atoms with Gasteiger partial charge in [-0.1, -0.05) is 40.2 Å². The van der Waals surface area contributed by atoms with E-state index in [1.165, 1.54) is 24.0 Å².